The SMILES string of the molecule is CC1CCN(C(=O)c2ccc(F)cc2O)C(C(=O)O)C1. The normalized spacial score (nSPS) is 22.6. The molecule has 20 heavy (non-hydrogen) atoms. The summed E-state index contributed by atoms with van der Waals surface area (Å²) in [4.78, 5) is 24.8. The highest BCUT2D eigenvalue weighted by molar-refractivity contribution is 5.98. The van der Waals surface area contributed by atoms with E-state index in [1.165, 1.54) is 11.0 Å². The summed E-state index contributed by atoms with van der Waals surface area (Å²) in [6.45, 7) is 2.25. The van der Waals surface area contributed by atoms with E-state index in [4.69, 9.17) is 0 Å². The van der Waals surface area contributed by atoms with Crippen molar-refractivity contribution in [2.45, 2.75) is 25.8 Å². The first kappa shape index (κ1) is 14.3. The fraction of sp³-hybridized carbons (Fsp3) is 0.429. The lowest BCUT2D eigenvalue weighted by atomic mass is 9.92. The maximum absolute atomic E-state index is 12.9. The van der Waals surface area contributed by atoms with Crippen LogP contribution in [-0.2, 0) is 4.79 Å². The van der Waals surface area contributed by atoms with Gasteiger partial charge in [0.25, 0.3) is 5.91 Å². The van der Waals surface area contributed by atoms with Crippen LogP contribution in [0.2, 0.25) is 0 Å². The van der Waals surface area contributed by atoms with Crippen LogP contribution in [0.4, 0.5) is 4.39 Å². The number of amides is 1. The maximum Gasteiger partial charge on any atom is 0.326 e. The zero-order valence-corrected chi connectivity index (χ0v) is 11.0. The number of rotatable bonds is 2. The van der Waals surface area contributed by atoms with Gasteiger partial charge in [0.1, 0.15) is 17.6 Å². The molecule has 1 aromatic carbocycles. The standard InChI is InChI=1S/C14H16FNO4/c1-8-4-5-16(11(6-8)14(19)20)13(18)10-3-2-9(15)7-12(10)17/h2-3,7-8,11,17H,4-6H2,1H3,(H,19,20). The van der Waals surface area contributed by atoms with Crippen molar-refractivity contribution in [1.29, 1.82) is 0 Å². The molecule has 1 aromatic rings. The minimum atomic E-state index is -1.06. The highest BCUT2D eigenvalue weighted by atomic mass is 19.1. The van der Waals surface area contributed by atoms with Crippen LogP contribution in [-0.4, -0.2) is 39.6 Å². The van der Waals surface area contributed by atoms with E-state index in [9.17, 15) is 24.2 Å². The molecule has 1 amide bonds. The lowest BCUT2D eigenvalue weighted by Crippen LogP contribution is -2.49. The van der Waals surface area contributed by atoms with Crippen LogP contribution in [0.3, 0.4) is 0 Å². The summed E-state index contributed by atoms with van der Waals surface area (Å²) < 4.78 is 12.9. The van der Waals surface area contributed by atoms with Gasteiger partial charge >= 0.3 is 5.97 Å². The predicted molar refractivity (Wildman–Crippen MR) is 68.9 cm³/mol. The highest BCUT2D eigenvalue weighted by Crippen LogP contribution is 2.27. The number of aliphatic carboxylic acids is 1. The fourth-order valence-electron chi connectivity index (χ4n) is 2.46. The van der Waals surface area contributed by atoms with Gasteiger partial charge in [0.2, 0.25) is 0 Å². The number of nitrogens with zero attached hydrogens (tertiary/aromatic N) is 1. The van der Waals surface area contributed by atoms with E-state index in [0.717, 1.165) is 12.1 Å². The average molecular weight is 281 g/mol. The number of carbonyl (C=O) groups excluding carboxylic acids is 1. The molecule has 6 heteroatoms. The number of halogens is 1. The van der Waals surface area contributed by atoms with Crippen molar-refractivity contribution in [3.8, 4) is 5.75 Å². The Bertz CT molecular complexity index is 546. The van der Waals surface area contributed by atoms with E-state index < -0.39 is 29.5 Å². The summed E-state index contributed by atoms with van der Waals surface area (Å²) in [7, 11) is 0. The summed E-state index contributed by atoms with van der Waals surface area (Å²) in [5.74, 6) is -2.55. The number of benzene rings is 1. The van der Waals surface area contributed by atoms with E-state index in [2.05, 4.69) is 0 Å². The molecule has 108 valence electrons. The number of carbonyl (C=O) groups is 2. The molecule has 0 aliphatic carbocycles. The van der Waals surface area contributed by atoms with Gasteiger partial charge in [-0.1, -0.05) is 6.92 Å². The minimum Gasteiger partial charge on any atom is -0.507 e. The van der Waals surface area contributed by atoms with Crippen molar-refractivity contribution in [3.63, 3.8) is 0 Å². The third-order valence-corrected chi connectivity index (χ3v) is 3.60. The number of hydrogen-bond acceptors (Lipinski definition) is 3. The molecule has 1 fully saturated rings. The predicted octanol–water partition coefficient (Wildman–Crippen LogP) is 1.86. The zero-order valence-electron chi connectivity index (χ0n) is 11.0. The number of likely N-dealkylation sites (tertiary alicyclic amines) is 1. The molecule has 0 spiro atoms. The van der Waals surface area contributed by atoms with E-state index in [0.29, 0.717) is 19.4 Å². The summed E-state index contributed by atoms with van der Waals surface area (Å²) in [6.07, 6.45) is 1.08. The Morgan fingerprint density at radius 1 is 1.40 bits per heavy atom. The van der Waals surface area contributed by atoms with Gasteiger partial charge in [0, 0.05) is 12.6 Å². The number of carboxylic acid groups (broad SMARTS) is 1. The van der Waals surface area contributed by atoms with Crippen LogP contribution in [0.5, 0.6) is 5.75 Å². The Hall–Kier alpha value is -2.11. The second-order valence-electron chi connectivity index (χ2n) is 5.14. The summed E-state index contributed by atoms with van der Waals surface area (Å²) in [5, 5.41) is 18.9. The average Bonchev–Trinajstić information content (AvgIpc) is 2.37. The van der Waals surface area contributed by atoms with Gasteiger partial charge in [-0.05, 0) is 30.9 Å². The fourth-order valence-corrected chi connectivity index (χ4v) is 2.46. The Balaban J connectivity index is 2.28. The zero-order chi connectivity index (χ0) is 14.9. The first-order valence-corrected chi connectivity index (χ1v) is 6.42. The molecule has 1 heterocycles. The van der Waals surface area contributed by atoms with E-state index in [1.807, 2.05) is 6.92 Å². The smallest absolute Gasteiger partial charge is 0.326 e. The lowest BCUT2D eigenvalue weighted by Gasteiger charge is -2.36. The monoisotopic (exact) mass is 281 g/mol. The van der Waals surface area contributed by atoms with Crippen LogP contribution < -0.4 is 0 Å². The Kier molecular flexibility index (Phi) is 3.92. The summed E-state index contributed by atoms with van der Waals surface area (Å²) in [6, 6.07) is 2.17. The van der Waals surface area contributed by atoms with Crippen LogP contribution in [0.15, 0.2) is 18.2 Å². The molecule has 2 atom stereocenters. The summed E-state index contributed by atoms with van der Waals surface area (Å²) in [5.41, 5.74) is -0.0767. The number of hydrogen-bond donors (Lipinski definition) is 2. The topological polar surface area (TPSA) is 77.8 Å². The second-order valence-corrected chi connectivity index (χ2v) is 5.14. The number of phenols is 1. The van der Waals surface area contributed by atoms with Gasteiger partial charge in [0.05, 0.1) is 5.56 Å². The van der Waals surface area contributed by atoms with Gasteiger partial charge in [-0.15, -0.1) is 0 Å². The van der Waals surface area contributed by atoms with Crippen molar-refractivity contribution in [2.24, 2.45) is 5.92 Å². The third-order valence-electron chi connectivity index (χ3n) is 3.60. The molecule has 5 nitrogen and oxygen atoms in total. The number of aromatic hydroxyl groups is 1. The number of carboxylic acids is 1. The van der Waals surface area contributed by atoms with Crippen molar-refractivity contribution in [2.75, 3.05) is 6.54 Å². The third kappa shape index (κ3) is 2.74. The first-order chi connectivity index (χ1) is 9.40. The molecule has 2 rings (SSSR count). The Morgan fingerprint density at radius 2 is 2.10 bits per heavy atom. The molecule has 2 unspecified atom stereocenters. The molecule has 1 saturated heterocycles. The van der Waals surface area contributed by atoms with Gasteiger partial charge in [-0.3, -0.25) is 4.79 Å². The van der Waals surface area contributed by atoms with E-state index in [-0.39, 0.29) is 11.5 Å². The quantitative estimate of drug-likeness (QED) is 0.867. The van der Waals surface area contributed by atoms with Gasteiger partial charge in [0.15, 0.2) is 0 Å². The molecule has 1 aliphatic rings. The van der Waals surface area contributed by atoms with Crippen LogP contribution in [0.1, 0.15) is 30.1 Å². The molecule has 0 radical (unpaired) electrons. The number of piperidine rings is 1. The van der Waals surface area contributed by atoms with Gasteiger partial charge in [-0.25, -0.2) is 9.18 Å². The van der Waals surface area contributed by atoms with Crippen molar-refractivity contribution in [3.05, 3.63) is 29.6 Å². The van der Waals surface area contributed by atoms with Crippen molar-refractivity contribution >= 4 is 11.9 Å². The molecule has 0 bridgehead atoms. The lowest BCUT2D eigenvalue weighted by molar-refractivity contribution is -0.144. The van der Waals surface area contributed by atoms with Crippen LogP contribution in [0.25, 0.3) is 0 Å². The maximum atomic E-state index is 12.9. The Labute approximate surface area is 115 Å². The van der Waals surface area contributed by atoms with Crippen molar-refractivity contribution in [1.82, 2.24) is 4.90 Å². The minimum absolute atomic E-state index is 0.0767. The molecule has 1 aliphatic heterocycles. The van der Waals surface area contributed by atoms with Gasteiger partial charge < -0.3 is 15.1 Å². The molecular weight excluding hydrogens is 265 g/mol. The molecule has 2 N–H and O–H groups in total. The van der Waals surface area contributed by atoms with Gasteiger partial charge in [-0.2, -0.15) is 0 Å². The van der Waals surface area contributed by atoms with E-state index >= 15 is 0 Å². The van der Waals surface area contributed by atoms with Crippen LogP contribution >= 0.6 is 0 Å². The molecule has 0 aromatic heterocycles. The largest absolute Gasteiger partial charge is 0.507 e. The van der Waals surface area contributed by atoms with Crippen LogP contribution in [0, 0.1) is 11.7 Å². The highest BCUT2D eigenvalue weighted by Gasteiger charge is 2.35. The summed E-state index contributed by atoms with van der Waals surface area (Å²) >= 11 is 0. The first-order valence-electron chi connectivity index (χ1n) is 6.42. The number of phenolic OH excluding ortho intramolecular Hbond substituents is 1. The second kappa shape index (κ2) is 5.48. The van der Waals surface area contributed by atoms with E-state index in [1.54, 1.807) is 0 Å². The Morgan fingerprint density at radius 3 is 2.70 bits per heavy atom. The van der Waals surface area contributed by atoms with Crippen molar-refractivity contribution < 1.29 is 24.2 Å². The molecule has 0 saturated carbocycles. The molecular formula is C14H16FNO4.